The second-order valence-corrected chi connectivity index (χ2v) is 8.03. The number of likely N-dealkylation sites (tertiary alicyclic amines) is 1. The van der Waals surface area contributed by atoms with Gasteiger partial charge < -0.3 is 10.6 Å². The predicted octanol–water partition coefficient (Wildman–Crippen LogP) is 2.95. The molecule has 2 fully saturated rings. The van der Waals surface area contributed by atoms with Crippen LogP contribution in [-0.4, -0.2) is 55.1 Å². The fourth-order valence-corrected chi connectivity index (χ4v) is 4.63. The van der Waals surface area contributed by atoms with Crippen LogP contribution in [0.15, 0.2) is 0 Å². The SMILES string of the molecule is CC(C)C1CCCC(CN)(N(C)C2CCCN(C)C2)CC1. The maximum atomic E-state index is 6.32. The van der Waals surface area contributed by atoms with Crippen LogP contribution >= 0.6 is 0 Å². The Morgan fingerprint density at radius 3 is 2.57 bits per heavy atom. The highest BCUT2D eigenvalue weighted by molar-refractivity contribution is 4.97. The number of hydrogen-bond donors (Lipinski definition) is 1. The molecule has 21 heavy (non-hydrogen) atoms. The molecule has 2 N–H and O–H groups in total. The Balaban J connectivity index is 2.05. The molecule has 1 aliphatic heterocycles. The second kappa shape index (κ2) is 7.43. The summed E-state index contributed by atoms with van der Waals surface area (Å²) in [6, 6.07) is 0.697. The molecule has 3 atom stereocenters. The van der Waals surface area contributed by atoms with Crippen molar-refractivity contribution in [3.8, 4) is 0 Å². The number of nitrogens with zero attached hydrogens (tertiary/aromatic N) is 2. The zero-order valence-corrected chi connectivity index (χ0v) is 14.8. The lowest BCUT2D eigenvalue weighted by molar-refractivity contribution is 0.0272. The zero-order chi connectivity index (χ0) is 15.5. The summed E-state index contributed by atoms with van der Waals surface area (Å²) in [6.07, 6.45) is 9.38. The molecular formula is C18H37N3. The second-order valence-electron chi connectivity index (χ2n) is 8.03. The molecular weight excluding hydrogens is 258 g/mol. The van der Waals surface area contributed by atoms with Crippen molar-refractivity contribution in [3.63, 3.8) is 0 Å². The smallest absolute Gasteiger partial charge is 0.0332 e. The molecule has 1 saturated carbocycles. The van der Waals surface area contributed by atoms with Crippen LogP contribution < -0.4 is 5.73 Å². The van der Waals surface area contributed by atoms with Crippen molar-refractivity contribution >= 4 is 0 Å². The van der Waals surface area contributed by atoms with Crippen LogP contribution in [0.25, 0.3) is 0 Å². The van der Waals surface area contributed by atoms with Crippen molar-refractivity contribution in [3.05, 3.63) is 0 Å². The first kappa shape index (κ1) is 17.2. The van der Waals surface area contributed by atoms with Gasteiger partial charge in [0, 0.05) is 24.7 Å². The van der Waals surface area contributed by atoms with E-state index in [-0.39, 0.29) is 5.54 Å². The van der Waals surface area contributed by atoms with Crippen molar-refractivity contribution in [2.75, 3.05) is 33.7 Å². The van der Waals surface area contributed by atoms with E-state index < -0.39 is 0 Å². The number of rotatable bonds is 4. The van der Waals surface area contributed by atoms with E-state index in [0.29, 0.717) is 6.04 Å². The molecule has 3 unspecified atom stereocenters. The van der Waals surface area contributed by atoms with Gasteiger partial charge in [0.2, 0.25) is 0 Å². The standard InChI is InChI=1S/C18H37N3/c1-15(2)16-7-5-10-18(14-19,11-9-16)21(4)17-8-6-12-20(3)13-17/h15-17H,5-14,19H2,1-4H3. The summed E-state index contributed by atoms with van der Waals surface area (Å²) < 4.78 is 0. The molecule has 1 aliphatic carbocycles. The Kier molecular flexibility index (Phi) is 6.10. The molecule has 0 amide bonds. The topological polar surface area (TPSA) is 32.5 Å². The molecule has 0 aromatic rings. The molecule has 2 rings (SSSR count). The summed E-state index contributed by atoms with van der Waals surface area (Å²) in [4.78, 5) is 5.17. The summed E-state index contributed by atoms with van der Waals surface area (Å²) in [5.41, 5.74) is 6.57. The Bertz CT molecular complexity index is 318. The molecule has 0 aromatic carbocycles. The molecule has 0 aromatic heterocycles. The van der Waals surface area contributed by atoms with Crippen molar-refractivity contribution in [2.45, 2.75) is 70.4 Å². The number of piperidine rings is 1. The Morgan fingerprint density at radius 1 is 1.19 bits per heavy atom. The minimum absolute atomic E-state index is 0.256. The first-order valence-electron chi connectivity index (χ1n) is 9.10. The summed E-state index contributed by atoms with van der Waals surface area (Å²) >= 11 is 0. The van der Waals surface area contributed by atoms with Gasteiger partial charge in [0.15, 0.2) is 0 Å². The normalized spacial score (nSPS) is 36.1. The van der Waals surface area contributed by atoms with Gasteiger partial charge >= 0.3 is 0 Å². The number of hydrogen-bond acceptors (Lipinski definition) is 3. The largest absolute Gasteiger partial charge is 0.329 e. The number of likely N-dealkylation sites (N-methyl/N-ethyl adjacent to an activating group) is 2. The van der Waals surface area contributed by atoms with Gasteiger partial charge in [0.25, 0.3) is 0 Å². The summed E-state index contributed by atoms with van der Waals surface area (Å²) in [5.74, 6) is 1.73. The van der Waals surface area contributed by atoms with Gasteiger partial charge in [-0.15, -0.1) is 0 Å². The fourth-order valence-electron chi connectivity index (χ4n) is 4.63. The lowest BCUT2D eigenvalue weighted by Crippen LogP contribution is -2.59. The van der Waals surface area contributed by atoms with E-state index in [4.69, 9.17) is 5.73 Å². The van der Waals surface area contributed by atoms with Crippen LogP contribution in [0.1, 0.15) is 58.8 Å². The summed E-state index contributed by atoms with van der Waals surface area (Å²) in [5, 5.41) is 0. The maximum Gasteiger partial charge on any atom is 0.0332 e. The minimum Gasteiger partial charge on any atom is -0.329 e. The van der Waals surface area contributed by atoms with E-state index in [1.54, 1.807) is 0 Å². The zero-order valence-electron chi connectivity index (χ0n) is 14.8. The van der Waals surface area contributed by atoms with Crippen molar-refractivity contribution in [1.82, 2.24) is 9.80 Å². The van der Waals surface area contributed by atoms with E-state index >= 15 is 0 Å². The molecule has 3 nitrogen and oxygen atoms in total. The third-order valence-corrected chi connectivity index (χ3v) is 6.42. The summed E-state index contributed by atoms with van der Waals surface area (Å²) in [6.45, 7) is 8.08. The highest BCUT2D eigenvalue weighted by atomic mass is 15.3. The molecule has 2 aliphatic rings. The maximum absolute atomic E-state index is 6.32. The van der Waals surface area contributed by atoms with Gasteiger partial charge in [-0.3, -0.25) is 4.90 Å². The molecule has 1 heterocycles. The number of nitrogens with two attached hydrogens (primary N) is 1. The lowest BCUT2D eigenvalue weighted by Gasteiger charge is -2.48. The van der Waals surface area contributed by atoms with Crippen molar-refractivity contribution < 1.29 is 0 Å². The third-order valence-electron chi connectivity index (χ3n) is 6.42. The average molecular weight is 296 g/mol. The van der Waals surface area contributed by atoms with Crippen LogP contribution in [0, 0.1) is 11.8 Å². The lowest BCUT2D eigenvalue weighted by atomic mass is 9.84. The van der Waals surface area contributed by atoms with E-state index in [2.05, 4.69) is 37.7 Å². The minimum atomic E-state index is 0.256. The van der Waals surface area contributed by atoms with Crippen molar-refractivity contribution in [2.24, 2.45) is 17.6 Å². The molecule has 1 saturated heterocycles. The van der Waals surface area contributed by atoms with Gasteiger partial charge in [-0.05, 0) is 64.6 Å². The van der Waals surface area contributed by atoms with Gasteiger partial charge in [-0.1, -0.05) is 26.7 Å². The predicted molar refractivity (Wildman–Crippen MR) is 91.5 cm³/mol. The molecule has 0 bridgehead atoms. The van der Waals surface area contributed by atoms with E-state index in [1.165, 1.54) is 58.0 Å². The van der Waals surface area contributed by atoms with E-state index in [1.807, 2.05) is 0 Å². The molecule has 0 spiro atoms. The van der Waals surface area contributed by atoms with Crippen LogP contribution in [0.5, 0.6) is 0 Å². The first-order valence-corrected chi connectivity index (χ1v) is 9.10. The highest BCUT2D eigenvalue weighted by Gasteiger charge is 2.39. The van der Waals surface area contributed by atoms with Crippen LogP contribution in [0.3, 0.4) is 0 Å². The van der Waals surface area contributed by atoms with Crippen LogP contribution in [-0.2, 0) is 0 Å². The Hall–Kier alpha value is -0.120. The highest BCUT2D eigenvalue weighted by Crippen LogP contribution is 2.38. The Morgan fingerprint density at radius 2 is 1.95 bits per heavy atom. The third kappa shape index (κ3) is 4.00. The quantitative estimate of drug-likeness (QED) is 0.809. The van der Waals surface area contributed by atoms with E-state index in [0.717, 1.165) is 18.4 Å². The monoisotopic (exact) mass is 295 g/mol. The molecule has 0 radical (unpaired) electrons. The first-order chi connectivity index (χ1) is 9.98. The van der Waals surface area contributed by atoms with Gasteiger partial charge in [0.1, 0.15) is 0 Å². The van der Waals surface area contributed by atoms with Crippen molar-refractivity contribution in [1.29, 1.82) is 0 Å². The average Bonchev–Trinajstić information content (AvgIpc) is 2.70. The Labute approximate surface area is 132 Å². The van der Waals surface area contributed by atoms with Crippen LogP contribution in [0.4, 0.5) is 0 Å². The molecule has 124 valence electrons. The summed E-state index contributed by atoms with van der Waals surface area (Å²) in [7, 11) is 4.61. The molecule has 3 heteroatoms. The van der Waals surface area contributed by atoms with Gasteiger partial charge in [-0.25, -0.2) is 0 Å². The van der Waals surface area contributed by atoms with Gasteiger partial charge in [-0.2, -0.15) is 0 Å². The van der Waals surface area contributed by atoms with Gasteiger partial charge in [0.05, 0.1) is 0 Å². The fraction of sp³-hybridized carbons (Fsp3) is 1.00. The van der Waals surface area contributed by atoms with Crippen LogP contribution in [0.2, 0.25) is 0 Å². The van der Waals surface area contributed by atoms with E-state index in [9.17, 15) is 0 Å².